The van der Waals surface area contributed by atoms with Crippen LogP contribution in [0.15, 0.2) is 30.6 Å². The van der Waals surface area contributed by atoms with E-state index >= 15 is 0 Å². The third-order valence-corrected chi connectivity index (χ3v) is 3.41. The second-order valence-electron chi connectivity index (χ2n) is 3.99. The number of rotatable bonds is 6. The Morgan fingerprint density at radius 1 is 1.29 bits per heavy atom. The van der Waals surface area contributed by atoms with Gasteiger partial charge >= 0.3 is 0 Å². The van der Waals surface area contributed by atoms with Crippen molar-refractivity contribution >= 4 is 29.4 Å². The lowest BCUT2D eigenvalue weighted by atomic mass is 10.1. The van der Waals surface area contributed by atoms with Crippen molar-refractivity contribution in [2.75, 3.05) is 16.8 Å². The Hall–Kier alpha value is -2.66. The highest BCUT2D eigenvalue weighted by Crippen LogP contribution is 2.09. The molecule has 0 radical (unpaired) electrons. The quantitative estimate of drug-likeness (QED) is 0.776. The van der Waals surface area contributed by atoms with Gasteiger partial charge < -0.3 is 0 Å². The summed E-state index contributed by atoms with van der Waals surface area (Å²) in [6.45, 7) is 0. The van der Waals surface area contributed by atoms with Crippen LogP contribution in [0.4, 0.5) is 5.95 Å². The van der Waals surface area contributed by atoms with Crippen LogP contribution in [-0.2, 0) is 4.79 Å². The summed E-state index contributed by atoms with van der Waals surface area (Å²) < 4.78 is 0. The molecule has 0 saturated carbocycles. The molecule has 8 heteroatoms. The highest BCUT2D eigenvalue weighted by molar-refractivity contribution is 8.00. The van der Waals surface area contributed by atoms with Crippen LogP contribution in [0.3, 0.4) is 0 Å². The third kappa shape index (κ3) is 4.43. The van der Waals surface area contributed by atoms with Gasteiger partial charge in [-0.15, -0.1) is 11.8 Å². The largest absolute Gasteiger partial charge is 0.294 e. The van der Waals surface area contributed by atoms with E-state index < -0.39 is 0 Å². The zero-order chi connectivity index (χ0) is 15.1. The van der Waals surface area contributed by atoms with Crippen molar-refractivity contribution in [1.82, 2.24) is 15.2 Å². The highest BCUT2D eigenvalue weighted by atomic mass is 32.2. The molecule has 21 heavy (non-hydrogen) atoms. The number of hydrogen-bond acceptors (Lipinski definition) is 6. The van der Waals surface area contributed by atoms with Gasteiger partial charge in [0.2, 0.25) is 11.9 Å². The van der Waals surface area contributed by atoms with Gasteiger partial charge in [-0.2, -0.15) is 15.3 Å². The molecule has 106 valence electrons. The highest BCUT2D eigenvalue weighted by Gasteiger charge is 2.09. The monoisotopic (exact) mass is 301 g/mol. The lowest BCUT2D eigenvalue weighted by molar-refractivity contribution is -0.113. The van der Waals surface area contributed by atoms with Crippen LogP contribution in [-0.4, -0.2) is 38.4 Å². The van der Waals surface area contributed by atoms with E-state index in [1.54, 1.807) is 24.3 Å². The average molecular weight is 301 g/mol. The Labute approximate surface area is 124 Å². The Kier molecular flexibility index (Phi) is 5.06. The first-order valence-electron chi connectivity index (χ1n) is 5.95. The van der Waals surface area contributed by atoms with E-state index in [2.05, 4.69) is 20.5 Å². The molecular weight excluding hydrogens is 290 g/mol. The Morgan fingerprint density at radius 3 is 2.67 bits per heavy atom. The van der Waals surface area contributed by atoms with Crippen molar-refractivity contribution in [3.63, 3.8) is 0 Å². The van der Waals surface area contributed by atoms with Crippen LogP contribution >= 0.6 is 11.8 Å². The minimum atomic E-state index is -0.260. The number of hydrogen-bond donors (Lipinski definition) is 2. The van der Waals surface area contributed by atoms with Crippen molar-refractivity contribution in [2.24, 2.45) is 0 Å². The third-order valence-electron chi connectivity index (χ3n) is 2.48. The molecule has 1 aromatic carbocycles. The molecule has 0 bridgehead atoms. The van der Waals surface area contributed by atoms with Gasteiger partial charge in [-0.3, -0.25) is 14.9 Å². The van der Waals surface area contributed by atoms with Crippen molar-refractivity contribution in [3.8, 4) is 6.07 Å². The van der Waals surface area contributed by atoms with Crippen molar-refractivity contribution in [3.05, 3.63) is 41.7 Å². The van der Waals surface area contributed by atoms with E-state index in [4.69, 9.17) is 5.26 Å². The van der Waals surface area contributed by atoms with E-state index in [9.17, 15) is 9.59 Å². The van der Waals surface area contributed by atoms with Gasteiger partial charge in [0.1, 0.15) is 6.33 Å². The first-order valence-corrected chi connectivity index (χ1v) is 7.11. The number of thioether (sulfide) groups is 1. The van der Waals surface area contributed by atoms with E-state index in [0.717, 1.165) is 0 Å². The summed E-state index contributed by atoms with van der Waals surface area (Å²) in [5.74, 6) is 0.263. The number of Topliss-reactive ketones (excluding diaryl/α,β-unsaturated/α-hetero) is 1. The molecule has 0 spiro atoms. The summed E-state index contributed by atoms with van der Waals surface area (Å²) in [6, 6.07) is 8.39. The van der Waals surface area contributed by atoms with Crippen molar-refractivity contribution < 1.29 is 9.59 Å². The van der Waals surface area contributed by atoms with Crippen LogP contribution in [0.2, 0.25) is 0 Å². The van der Waals surface area contributed by atoms with E-state index in [1.165, 1.54) is 18.1 Å². The minimum absolute atomic E-state index is 0.0862. The molecule has 0 aliphatic rings. The summed E-state index contributed by atoms with van der Waals surface area (Å²) in [7, 11) is 0. The second kappa shape index (κ2) is 7.21. The van der Waals surface area contributed by atoms with Gasteiger partial charge in [0.05, 0.1) is 23.1 Å². The Bertz CT molecular complexity index is 661. The zero-order valence-corrected chi connectivity index (χ0v) is 11.7. The number of aromatic nitrogens is 3. The van der Waals surface area contributed by atoms with Crippen LogP contribution in [0.1, 0.15) is 15.9 Å². The van der Waals surface area contributed by atoms with Crippen LogP contribution in [0.5, 0.6) is 0 Å². The molecule has 2 N–H and O–H groups in total. The van der Waals surface area contributed by atoms with Crippen molar-refractivity contribution in [2.45, 2.75) is 0 Å². The topological polar surface area (TPSA) is 112 Å². The fourth-order valence-electron chi connectivity index (χ4n) is 1.48. The fourth-order valence-corrected chi connectivity index (χ4v) is 2.20. The van der Waals surface area contributed by atoms with Gasteiger partial charge in [-0.1, -0.05) is 12.1 Å². The lowest BCUT2D eigenvalue weighted by Gasteiger charge is -2.02. The smallest absolute Gasteiger partial charge is 0.236 e. The van der Waals surface area contributed by atoms with Crippen LogP contribution < -0.4 is 5.32 Å². The maximum absolute atomic E-state index is 11.9. The summed E-state index contributed by atoms with van der Waals surface area (Å²) in [6.07, 6.45) is 1.29. The van der Waals surface area contributed by atoms with Gasteiger partial charge in [0, 0.05) is 5.56 Å². The number of nitriles is 1. The lowest BCUT2D eigenvalue weighted by Crippen LogP contribution is -2.16. The molecule has 2 aromatic rings. The Balaban J connectivity index is 1.76. The number of nitrogens with one attached hydrogen (secondary N) is 2. The number of aromatic amines is 1. The molecule has 0 fully saturated rings. The number of ketones is 1. The molecular formula is C13H11N5O2S. The number of anilines is 1. The summed E-state index contributed by atoms with van der Waals surface area (Å²) in [5.41, 5.74) is 1.03. The minimum Gasteiger partial charge on any atom is -0.294 e. The number of amides is 1. The predicted octanol–water partition coefficient (Wildman–Crippen LogP) is 1.23. The molecule has 7 nitrogen and oxygen atoms in total. The number of H-pyrrole nitrogens is 1. The molecule has 0 atom stereocenters. The van der Waals surface area contributed by atoms with Crippen molar-refractivity contribution in [1.29, 1.82) is 5.26 Å². The number of nitrogens with zero attached hydrogens (tertiary/aromatic N) is 3. The summed E-state index contributed by atoms with van der Waals surface area (Å²) >= 11 is 1.21. The molecule has 0 aliphatic carbocycles. The van der Waals surface area contributed by atoms with E-state index in [0.29, 0.717) is 11.1 Å². The Morgan fingerprint density at radius 2 is 2.05 bits per heavy atom. The maximum Gasteiger partial charge on any atom is 0.236 e. The average Bonchev–Trinajstić information content (AvgIpc) is 3.00. The SMILES string of the molecule is N#Cc1ccc(C(=O)CSCC(=O)Nc2ncn[nH]2)cc1. The van der Waals surface area contributed by atoms with E-state index in [1.807, 2.05) is 6.07 Å². The fraction of sp³-hybridized carbons (Fsp3) is 0.154. The van der Waals surface area contributed by atoms with Crippen LogP contribution in [0.25, 0.3) is 0 Å². The van der Waals surface area contributed by atoms with Gasteiger partial charge in [-0.05, 0) is 12.1 Å². The van der Waals surface area contributed by atoms with Crippen LogP contribution in [0, 0.1) is 11.3 Å². The normalized spacial score (nSPS) is 9.86. The first kappa shape index (κ1) is 14.7. The number of carbonyl (C=O) groups is 2. The molecule has 1 amide bonds. The first-order chi connectivity index (χ1) is 10.2. The second-order valence-corrected chi connectivity index (χ2v) is 4.97. The number of benzene rings is 1. The molecule has 0 aliphatic heterocycles. The molecule has 1 heterocycles. The predicted molar refractivity (Wildman–Crippen MR) is 77.8 cm³/mol. The zero-order valence-electron chi connectivity index (χ0n) is 10.9. The van der Waals surface area contributed by atoms with E-state index in [-0.39, 0.29) is 29.1 Å². The maximum atomic E-state index is 11.9. The summed E-state index contributed by atoms with van der Waals surface area (Å²) in [4.78, 5) is 27.2. The molecule has 1 aromatic heterocycles. The molecule has 0 unspecified atom stereocenters. The molecule has 0 saturated heterocycles. The van der Waals surface area contributed by atoms with Gasteiger partial charge in [-0.25, -0.2) is 5.10 Å². The number of carbonyl (C=O) groups excluding carboxylic acids is 2. The standard InChI is InChI=1S/C13H11N5O2S/c14-5-9-1-3-10(4-2-9)11(19)6-21-7-12(20)17-13-15-8-16-18-13/h1-4,8H,6-7H2,(H2,15,16,17,18,20). The summed E-state index contributed by atoms with van der Waals surface area (Å²) in [5, 5.41) is 17.3. The van der Waals surface area contributed by atoms with Gasteiger partial charge in [0.15, 0.2) is 5.78 Å². The van der Waals surface area contributed by atoms with Gasteiger partial charge in [0.25, 0.3) is 0 Å². The molecule has 2 rings (SSSR count).